The van der Waals surface area contributed by atoms with E-state index >= 15 is 0 Å². The molecule has 2 aliphatic heterocycles. The molecule has 2 atom stereocenters. The molecule has 0 bridgehead atoms. The molecule has 2 aliphatic rings. The predicted molar refractivity (Wildman–Crippen MR) is 102 cm³/mol. The van der Waals surface area contributed by atoms with E-state index in [0.717, 1.165) is 12.2 Å². The Morgan fingerprint density at radius 1 is 1.29 bits per heavy atom. The molecule has 2 amide bonds. The van der Waals surface area contributed by atoms with Gasteiger partial charge in [0.1, 0.15) is 11.6 Å². The van der Waals surface area contributed by atoms with Crippen molar-refractivity contribution in [2.75, 3.05) is 13.1 Å². The van der Waals surface area contributed by atoms with Crippen molar-refractivity contribution in [3.05, 3.63) is 59.8 Å². The molecule has 2 aromatic rings. The SMILES string of the molecule is O=C1CC[C@@](CCC(=O)N2CC[C@@H](c3ccccc3F)C2)(Cc2ccco2)N1. The summed E-state index contributed by atoms with van der Waals surface area (Å²) in [6.45, 7) is 1.20. The zero-order chi connectivity index (χ0) is 19.6. The lowest BCUT2D eigenvalue weighted by Crippen LogP contribution is -2.44. The third kappa shape index (κ3) is 3.96. The van der Waals surface area contributed by atoms with Crippen LogP contribution in [0.4, 0.5) is 4.39 Å². The van der Waals surface area contributed by atoms with Gasteiger partial charge < -0.3 is 14.6 Å². The predicted octanol–water partition coefficient (Wildman–Crippen LogP) is 3.41. The molecule has 2 saturated heterocycles. The number of carbonyl (C=O) groups excluding carboxylic acids is 2. The Kier molecular flexibility index (Phi) is 5.20. The Morgan fingerprint density at radius 3 is 2.86 bits per heavy atom. The summed E-state index contributed by atoms with van der Waals surface area (Å²) in [5.74, 6) is 0.760. The maximum Gasteiger partial charge on any atom is 0.222 e. The van der Waals surface area contributed by atoms with E-state index < -0.39 is 5.54 Å². The number of nitrogens with zero attached hydrogens (tertiary/aromatic N) is 1. The Morgan fingerprint density at radius 2 is 2.14 bits per heavy atom. The second-order valence-electron chi connectivity index (χ2n) is 7.93. The van der Waals surface area contributed by atoms with Gasteiger partial charge in [0.15, 0.2) is 0 Å². The normalized spacial score (nSPS) is 24.5. The van der Waals surface area contributed by atoms with Crippen LogP contribution in [-0.2, 0) is 16.0 Å². The van der Waals surface area contributed by atoms with Gasteiger partial charge in [-0.05, 0) is 43.0 Å². The molecule has 0 spiro atoms. The summed E-state index contributed by atoms with van der Waals surface area (Å²) in [7, 11) is 0. The lowest BCUT2D eigenvalue weighted by Gasteiger charge is -2.29. The molecule has 0 unspecified atom stereocenters. The molecule has 4 rings (SSSR count). The number of nitrogens with one attached hydrogen (secondary N) is 1. The number of carbonyl (C=O) groups is 2. The second kappa shape index (κ2) is 7.78. The summed E-state index contributed by atoms with van der Waals surface area (Å²) in [5.41, 5.74) is 0.269. The first-order chi connectivity index (χ1) is 13.5. The lowest BCUT2D eigenvalue weighted by molar-refractivity contribution is -0.131. The topological polar surface area (TPSA) is 62.6 Å². The highest BCUT2D eigenvalue weighted by Gasteiger charge is 2.39. The highest BCUT2D eigenvalue weighted by molar-refractivity contribution is 5.80. The van der Waals surface area contributed by atoms with Crippen LogP contribution >= 0.6 is 0 Å². The molecule has 1 aromatic heterocycles. The number of hydrogen-bond acceptors (Lipinski definition) is 3. The van der Waals surface area contributed by atoms with Gasteiger partial charge in [-0.15, -0.1) is 0 Å². The first-order valence-electron chi connectivity index (χ1n) is 9.90. The van der Waals surface area contributed by atoms with E-state index in [4.69, 9.17) is 4.42 Å². The number of rotatable bonds is 6. The minimum atomic E-state index is -0.421. The van der Waals surface area contributed by atoms with E-state index in [1.54, 1.807) is 18.4 Å². The molecule has 0 aliphatic carbocycles. The molecule has 6 heteroatoms. The molecule has 0 radical (unpaired) electrons. The molecule has 1 aromatic carbocycles. The number of amides is 2. The van der Waals surface area contributed by atoms with Crippen molar-refractivity contribution in [3.8, 4) is 0 Å². The van der Waals surface area contributed by atoms with Crippen molar-refractivity contribution in [2.45, 2.75) is 50.0 Å². The van der Waals surface area contributed by atoms with Gasteiger partial charge in [-0.1, -0.05) is 18.2 Å². The van der Waals surface area contributed by atoms with E-state index in [1.807, 2.05) is 23.1 Å². The first-order valence-corrected chi connectivity index (χ1v) is 9.90. The zero-order valence-corrected chi connectivity index (χ0v) is 15.8. The zero-order valence-electron chi connectivity index (χ0n) is 15.8. The summed E-state index contributed by atoms with van der Waals surface area (Å²) < 4.78 is 19.5. The summed E-state index contributed by atoms with van der Waals surface area (Å²) in [4.78, 5) is 26.5. The lowest BCUT2D eigenvalue weighted by atomic mass is 9.87. The van der Waals surface area contributed by atoms with Crippen LogP contribution in [0.15, 0.2) is 47.1 Å². The van der Waals surface area contributed by atoms with E-state index in [0.29, 0.717) is 50.8 Å². The number of likely N-dealkylation sites (tertiary alicyclic amines) is 1. The number of halogens is 1. The van der Waals surface area contributed by atoms with E-state index in [2.05, 4.69) is 5.32 Å². The average molecular weight is 384 g/mol. The van der Waals surface area contributed by atoms with Crippen LogP contribution in [0.25, 0.3) is 0 Å². The molecule has 148 valence electrons. The van der Waals surface area contributed by atoms with Gasteiger partial charge in [-0.3, -0.25) is 9.59 Å². The van der Waals surface area contributed by atoms with Crippen LogP contribution < -0.4 is 5.32 Å². The third-order valence-electron chi connectivity index (χ3n) is 6.03. The Labute approximate surface area is 163 Å². The van der Waals surface area contributed by atoms with Gasteiger partial charge in [0.05, 0.1) is 6.26 Å². The number of hydrogen-bond donors (Lipinski definition) is 1. The molecule has 3 heterocycles. The fourth-order valence-electron chi connectivity index (χ4n) is 4.48. The molecule has 5 nitrogen and oxygen atoms in total. The maximum atomic E-state index is 14.0. The van der Waals surface area contributed by atoms with Gasteiger partial charge in [-0.2, -0.15) is 0 Å². The quantitative estimate of drug-likeness (QED) is 0.830. The standard InChI is InChI=1S/C22H25FN2O3/c23-19-6-2-1-5-18(19)16-9-12-25(15-16)21(27)8-11-22(10-7-20(26)24-22)14-17-4-3-13-28-17/h1-6,13,16H,7-12,14-15H2,(H,24,26)/t16-,22-/m1/s1. The molecule has 28 heavy (non-hydrogen) atoms. The van der Waals surface area contributed by atoms with Crippen molar-refractivity contribution in [1.29, 1.82) is 0 Å². The second-order valence-corrected chi connectivity index (χ2v) is 7.93. The summed E-state index contributed by atoms with van der Waals surface area (Å²) >= 11 is 0. The monoisotopic (exact) mass is 384 g/mol. The molecule has 1 N–H and O–H groups in total. The van der Waals surface area contributed by atoms with Gasteiger partial charge in [0.2, 0.25) is 11.8 Å². The minimum absolute atomic E-state index is 0.0276. The fourth-order valence-corrected chi connectivity index (χ4v) is 4.48. The van der Waals surface area contributed by atoms with E-state index in [9.17, 15) is 14.0 Å². The molecule has 0 saturated carbocycles. The largest absolute Gasteiger partial charge is 0.469 e. The number of furan rings is 1. The smallest absolute Gasteiger partial charge is 0.222 e. The van der Waals surface area contributed by atoms with Crippen molar-refractivity contribution in [1.82, 2.24) is 10.2 Å². The summed E-state index contributed by atoms with van der Waals surface area (Å²) in [5, 5.41) is 3.07. The van der Waals surface area contributed by atoms with Crippen LogP contribution in [0.1, 0.15) is 49.3 Å². The summed E-state index contributed by atoms with van der Waals surface area (Å²) in [6, 6.07) is 10.5. The van der Waals surface area contributed by atoms with Gasteiger partial charge >= 0.3 is 0 Å². The van der Waals surface area contributed by atoms with Crippen LogP contribution in [0.2, 0.25) is 0 Å². The van der Waals surface area contributed by atoms with Crippen molar-refractivity contribution in [3.63, 3.8) is 0 Å². The average Bonchev–Trinajstić information content (AvgIpc) is 3.43. The van der Waals surface area contributed by atoms with Crippen LogP contribution in [0.5, 0.6) is 0 Å². The Balaban J connectivity index is 1.36. The van der Waals surface area contributed by atoms with Crippen molar-refractivity contribution < 1.29 is 18.4 Å². The van der Waals surface area contributed by atoms with Crippen LogP contribution in [-0.4, -0.2) is 35.3 Å². The Bertz CT molecular complexity index is 851. The highest BCUT2D eigenvalue weighted by atomic mass is 19.1. The Hall–Kier alpha value is -2.63. The fraction of sp³-hybridized carbons (Fsp3) is 0.455. The van der Waals surface area contributed by atoms with E-state index in [-0.39, 0.29) is 23.5 Å². The molecular weight excluding hydrogens is 359 g/mol. The summed E-state index contributed by atoms with van der Waals surface area (Å²) in [6.07, 6.45) is 5.13. The molecule has 2 fully saturated rings. The third-order valence-corrected chi connectivity index (χ3v) is 6.03. The maximum absolute atomic E-state index is 14.0. The van der Waals surface area contributed by atoms with Gasteiger partial charge in [-0.25, -0.2) is 4.39 Å². The van der Waals surface area contributed by atoms with Crippen LogP contribution in [0.3, 0.4) is 0 Å². The first kappa shape index (κ1) is 18.7. The van der Waals surface area contributed by atoms with E-state index in [1.165, 1.54) is 6.07 Å². The van der Waals surface area contributed by atoms with Crippen molar-refractivity contribution in [2.24, 2.45) is 0 Å². The van der Waals surface area contributed by atoms with Crippen LogP contribution in [0, 0.1) is 5.82 Å². The highest BCUT2D eigenvalue weighted by Crippen LogP contribution is 2.32. The van der Waals surface area contributed by atoms with Crippen molar-refractivity contribution >= 4 is 11.8 Å². The van der Waals surface area contributed by atoms with Gasteiger partial charge in [0.25, 0.3) is 0 Å². The van der Waals surface area contributed by atoms with Gasteiger partial charge in [0, 0.05) is 43.8 Å². The minimum Gasteiger partial charge on any atom is -0.469 e. The molecular formula is C22H25FN2O3. The number of benzene rings is 1.